The molecule has 0 heterocycles. The summed E-state index contributed by atoms with van der Waals surface area (Å²) in [5.41, 5.74) is 2.90. The zero-order valence-electron chi connectivity index (χ0n) is 11.2. The first-order valence-corrected chi connectivity index (χ1v) is 7.15. The maximum Gasteiger partial charge on any atom is 0.0320 e. The molecule has 1 heteroatoms. The first-order chi connectivity index (χ1) is 8.33. The van der Waals surface area contributed by atoms with Crippen molar-refractivity contribution < 1.29 is 0 Å². The smallest absolute Gasteiger partial charge is 0.0320 e. The molecule has 1 aromatic rings. The number of aryl methyl sites for hydroxylation is 1. The molecule has 0 aliphatic heterocycles. The molecule has 1 N–H and O–H groups in total. The van der Waals surface area contributed by atoms with Gasteiger partial charge < -0.3 is 5.32 Å². The van der Waals surface area contributed by atoms with Crippen LogP contribution in [0.5, 0.6) is 0 Å². The Bertz CT molecular complexity index is 324. The van der Waals surface area contributed by atoms with Crippen LogP contribution in [0.2, 0.25) is 0 Å². The van der Waals surface area contributed by atoms with Gasteiger partial charge in [-0.1, -0.05) is 51.0 Å². The summed E-state index contributed by atoms with van der Waals surface area (Å²) < 4.78 is 0. The van der Waals surface area contributed by atoms with Crippen LogP contribution in [0.15, 0.2) is 24.3 Å². The second kappa shape index (κ2) is 6.20. The minimum atomic E-state index is 0.562. The zero-order valence-corrected chi connectivity index (χ0v) is 11.2. The summed E-state index contributed by atoms with van der Waals surface area (Å²) in [7, 11) is 0. The Kier molecular flexibility index (Phi) is 4.61. The van der Waals surface area contributed by atoms with E-state index >= 15 is 0 Å². The summed E-state index contributed by atoms with van der Waals surface area (Å²) in [4.78, 5) is 0. The van der Waals surface area contributed by atoms with Crippen LogP contribution in [0.1, 0.15) is 56.7 Å². The van der Waals surface area contributed by atoms with Crippen LogP contribution in [0.3, 0.4) is 0 Å². The Balaban J connectivity index is 1.96. The third kappa shape index (κ3) is 3.85. The van der Waals surface area contributed by atoms with E-state index in [1.807, 2.05) is 0 Å². The fourth-order valence-corrected chi connectivity index (χ4v) is 2.43. The molecule has 1 aliphatic rings. The summed E-state index contributed by atoms with van der Waals surface area (Å²) in [5, 5.41) is 3.62. The number of benzene rings is 1. The van der Waals surface area contributed by atoms with Crippen LogP contribution in [0.4, 0.5) is 0 Å². The minimum Gasteiger partial charge on any atom is -0.310 e. The van der Waals surface area contributed by atoms with Crippen LogP contribution in [-0.4, -0.2) is 6.54 Å². The molecule has 1 aromatic carbocycles. The molecule has 1 fully saturated rings. The molecule has 0 bridgehead atoms. The van der Waals surface area contributed by atoms with Gasteiger partial charge in [0.15, 0.2) is 0 Å². The van der Waals surface area contributed by atoms with Gasteiger partial charge in [0.2, 0.25) is 0 Å². The highest BCUT2D eigenvalue weighted by atomic mass is 14.9. The quantitative estimate of drug-likeness (QED) is 0.745. The number of rotatable bonds is 7. The van der Waals surface area contributed by atoms with Crippen LogP contribution >= 0.6 is 0 Å². The number of hydrogen-bond donors (Lipinski definition) is 1. The predicted octanol–water partition coefficient (Wildman–Crippen LogP) is 4.09. The molecular weight excluding hydrogens is 206 g/mol. The normalized spacial score (nSPS) is 17.1. The van der Waals surface area contributed by atoms with Gasteiger partial charge in [0.05, 0.1) is 0 Å². The lowest BCUT2D eigenvalue weighted by molar-refractivity contribution is 0.481. The molecule has 1 unspecified atom stereocenters. The predicted molar refractivity (Wildman–Crippen MR) is 74.2 cm³/mol. The van der Waals surface area contributed by atoms with E-state index in [0.29, 0.717) is 6.04 Å². The molecule has 1 aliphatic carbocycles. The van der Waals surface area contributed by atoms with Gasteiger partial charge in [-0.15, -0.1) is 0 Å². The van der Waals surface area contributed by atoms with E-state index in [-0.39, 0.29) is 0 Å². The van der Waals surface area contributed by atoms with Gasteiger partial charge in [-0.05, 0) is 42.9 Å². The average molecular weight is 231 g/mol. The molecule has 1 saturated carbocycles. The molecule has 2 rings (SSSR count). The van der Waals surface area contributed by atoms with Gasteiger partial charge in [0.25, 0.3) is 0 Å². The van der Waals surface area contributed by atoms with E-state index in [0.717, 1.165) is 18.9 Å². The fourth-order valence-electron chi connectivity index (χ4n) is 2.43. The van der Waals surface area contributed by atoms with Crippen LogP contribution in [-0.2, 0) is 6.42 Å². The summed E-state index contributed by atoms with van der Waals surface area (Å²) in [6, 6.07) is 9.72. The summed E-state index contributed by atoms with van der Waals surface area (Å²) in [6.07, 6.45) is 6.76. The van der Waals surface area contributed by atoms with Crippen molar-refractivity contribution in [2.45, 2.75) is 52.0 Å². The van der Waals surface area contributed by atoms with Gasteiger partial charge in [-0.2, -0.15) is 0 Å². The Hall–Kier alpha value is -0.820. The first-order valence-electron chi connectivity index (χ1n) is 7.15. The lowest BCUT2D eigenvalue weighted by Gasteiger charge is -2.18. The van der Waals surface area contributed by atoms with Gasteiger partial charge in [0, 0.05) is 6.04 Å². The molecule has 94 valence electrons. The van der Waals surface area contributed by atoms with E-state index in [1.165, 1.54) is 36.8 Å². The van der Waals surface area contributed by atoms with Gasteiger partial charge in [0.1, 0.15) is 0 Å². The van der Waals surface area contributed by atoms with Crippen molar-refractivity contribution >= 4 is 0 Å². The standard InChI is InChI=1S/C16H25N/c1-3-13-7-10-15(11-8-13)16(17-4-2)12-9-14-5-6-14/h7-8,10-11,14,16-17H,3-6,9,12H2,1-2H3. The highest BCUT2D eigenvalue weighted by molar-refractivity contribution is 5.25. The van der Waals surface area contributed by atoms with Gasteiger partial charge in [-0.3, -0.25) is 0 Å². The second-order valence-corrected chi connectivity index (χ2v) is 5.23. The third-order valence-electron chi connectivity index (χ3n) is 3.80. The summed E-state index contributed by atoms with van der Waals surface area (Å²) >= 11 is 0. The van der Waals surface area contributed by atoms with Crippen molar-refractivity contribution in [1.82, 2.24) is 5.32 Å². The van der Waals surface area contributed by atoms with Crippen molar-refractivity contribution in [2.75, 3.05) is 6.54 Å². The van der Waals surface area contributed by atoms with E-state index < -0.39 is 0 Å². The molecule has 0 radical (unpaired) electrons. The van der Waals surface area contributed by atoms with Crippen molar-refractivity contribution in [3.8, 4) is 0 Å². The maximum absolute atomic E-state index is 3.62. The van der Waals surface area contributed by atoms with Crippen LogP contribution in [0.25, 0.3) is 0 Å². The maximum atomic E-state index is 3.62. The van der Waals surface area contributed by atoms with Gasteiger partial charge in [-0.25, -0.2) is 0 Å². The van der Waals surface area contributed by atoms with Gasteiger partial charge >= 0.3 is 0 Å². The van der Waals surface area contributed by atoms with E-state index in [1.54, 1.807) is 0 Å². The molecule has 17 heavy (non-hydrogen) atoms. The zero-order chi connectivity index (χ0) is 12.1. The molecule has 1 nitrogen and oxygen atoms in total. The molecule has 0 saturated heterocycles. The highest BCUT2D eigenvalue weighted by Gasteiger charge is 2.22. The third-order valence-corrected chi connectivity index (χ3v) is 3.80. The first kappa shape index (κ1) is 12.6. The van der Waals surface area contributed by atoms with E-state index in [4.69, 9.17) is 0 Å². The topological polar surface area (TPSA) is 12.0 Å². The summed E-state index contributed by atoms with van der Waals surface area (Å²) in [5.74, 6) is 1.03. The molecule has 0 aromatic heterocycles. The van der Waals surface area contributed by atoms with E-state index in [2.05, 4.69) is 43.4 Å². The number of hydrogen-bond acceptors (Lipinski definition) is 1. The average Bonchev–Trinajstić information content (AvgIpc) is 3.19. The fraction of sp³-hybridized carbons (Fsp3) is 0.625. The SMILES string of the molecule is CCNC(CCC1CC1)c1ccc(CC)cc1. The number of nitrogens with one attached hydrogen (secondary N) is 1. The van der Waals surface area contributed by atoms with Crippen molar-refractivity contribution in [2.24, 2.45) is 5.92 Å². The lowest BCUT2D eigenvalue weighted by Crippen LogP contribution is -2.21. The Morgan fingerprint density at radius 3 is 2.41 bits per heavy atom. The lowest BCUT2D eigenvalue weighted by atomic mass is 9.99. The second-order valence-electron chi connectivity index (χ2n) is 5.23. The Labute approximate surface area is 106 Å². The van der Waals surface area contributed by atoms with E-state index in [9.17, 15) is 0 Å². The molecule has 0 spiro atoms. The highest BCUT2D eigenvalue weighted by Crippen LogP contribution is 2.35. The Morgan fingerprint density at radius 2 is 1.88 bits per heavy atom. The molecular formula is C16H25N. The molecule has 0 amide bonds. The Morgan fingerprint density at radius 1 is 1.18 bits per heavy atom. The van der Waals surface area contributed by atoms with Crippen LogP contribution < -0.4 is 5.32 Å². The van der Waals surface area contributed by atoms with Crippen LogP contribution in [0, 0.1) is 5.92 Å². The summed E-state index contributed by atoms with van der Waals surface area (Å²) in [6.45, 7) is 5.47. The van der Waals surface area contributed by atoms with Crippen molar-refractivity contribution in [3.05, 3.63) is 35.4 Å². The van der Waals surface area contributed by atoms with Crippen molar-refractivity contribution in [3.63, 3.8) is 0 Å². The molecule has 1 atom stereocenters. The van der Waals surface area contributed by atoms with Crippen molar-refractivity contribution in [1.29, 1.82) is 0 Å². The largest absolute Gasteiger partial charge is 0.310 e. The monoisotopic (exact) mass is 231 g/mol. The minimum absolute atomic E-state index is 0.562.